The Balaban J connectivity index is 2.31. The molecule has 0 saturated heterocycles. The first-order valence-corrected chi connectivity index (χ1v) is 6.07. The first-order chi connectivity index (χ1) is 7.27. The highest BCUT2D eigenvalue weighted by atomic mass is 32.2. The smallest absolute Gasteiger partial charge is 0.190 e. The minimum Gasteiger partial charge on any atom is -0.395 e. The Bertz CT molecular complexity index is 279. The van der Waals surface area contributed by atoms with Crippen molar-refractivity contribution in [3.8, 4) is 0 Å². The topological polar surface area (TPSA) is 63.0 Å². The molecule has 0 fully saturated rings. The van der Waals surface area contributed by atoms with Gasteiger partial charge in [0.25, 0.3) is 0 Å². The highest BCUT2D eigenvalue weighted by Gasteiger charge is 2.09. The summed E-state index contributed by atoms with van der Waals surface area (Å²) in [5, 5.41) is 21.1. The van der Waals surface area contributed by atoms with Crippen LogP contribution in [-0.4, -0.2) is 44.8 Å². The van der Waals surface area contributed by atoms with Gasteiger partial charge < -0.3 is 15.0 Å². The van der Waals surface area contributed by atoms with Gasteiger partial charge in [-0.1, -0.05) is 18.7 Å². The molecule has 2 N–H and O–H groups in total. The fourth-order valence-corrected chi connectivity index (χ4v) is 2.03. The molecule has 5 nitrogen and oxygen atoms in total. The Hall–Kier alpha value is -0.590. The predicted octanol–water partition coefficient (Wildman–Crippen LogP) is 0.268. The Morgan fingerprint density at radius 2 is 2.47 bits per heavy atom. The van der Waals surface area contributed by atoms with E-state index in [1.54, 1.807) is 18.1 Å². The number of aryl methyl sites for hydroxylation is 1. The molecule has 0 spiro atoms. The van der Waals surface area contributed by atoms with Crippen molar-refractivity contribution in [2.24, 2.45) is 7.05 Å². The molecule has 86 valence electrons. The van der Waals surface area contributed by atoms with Crippen molar-refractivity contribution < 1.29 is 5.11 Å². The Labute approximate surface area is 94.3 Å². The van der Waals surface area contributed by atoms with Crippen LogP contribution in [0.3, 0.4) is 0 Å². The van der Waals surface area contributed by atoms with E-state index in [2.05, 4.69) is 22.4 Å². The Morgan fingerprint density at radius 3 is 3.00 bits per heavy atom. The molecule has 1 aromatic rings. The number of aliphatic hydroxyl groups is 1. The zero-order valence-corrected chi connectivity index (χ0v) is 10.00. The number of thioether (sulfide) groups is 1. The van der Waals surface area contributed by atoms with Crippen LogP contribution in [0.4, 0.5) is 0 Å². The minimum absolute atomic E-state index is 0.131. The van der Waals surface area contributed by atoms with Crippen molar-refractivity contribution in [3.05, 3.63) is 6.33 Å². The Morgan fingerprint density at radius 1 is 1.67 bits per heavy atom. The third kappa shape index (κ3) is 4.19. The fourth-order valence-electron chi connectivity index (χ4n) is 1.10. The van der Waals surface area contributed by atoms with Crippen molar-refractivity contribution in [1.82, 2.24) is 20.1 Å². The maximum absolute atomic E-state index is 9.13. The van der Waals surface area contributed by atoms with Gasteiger partial charge in [-0.3, -0.25) is 0 Å². The van der Waals surface area contributed by atoms with E-state index < -0.39 is 0 Å². The van der Waals surface area contributed by atoms with Crippen LogP contribution in [0.25, 0.3) is 0 Å². The summed E-state index contributed by atoms with van der Waals surface area (Å²) in [7, 11) is 1.91. The van der Waals surface area contributed by atoms with Gasteiger partial charge in [0.05, 0.1) is 6.61 Å². The van der Waals surface area contributed by atoms with E-state index in [4.69, 9.17) is 5.11 Å². The van der Waals surface area contributed by atoms with E-state index in [0.29, 0.717) is 0 Å². The lowest BCUT2D eigenvalue weighted by Gasteiger charge is -2.14. The number of hydrogen-bond acceptors (Lipinski definition) is 5. The van der Waals surface area contributed by atoms with E-state index in [0.717, 1.165) is 23.9 Å². The van der Waals surface area contributed by atoms with Gasteiger partial charge in [0.1, 0.15) is 6.33 Å². The van der Waals surface area contributed by atoms with E-state index in [1.807, 2.05) is 11.6 Å². The molecule has 1 aromatic heterocycles. The summed E-state index contributed by atoms with van der Waals surface area (Å²) in [4.78, 5) is 0. The monoisotopic (exact) mass is 230 g/mol. The Kier molecular flexibility index (Phi) is 5.67. The van der Waals surface area contributed by atoms with Crippen LogP contribution < -0.4 is 5.32 Å². The lowest BCUT2D eigenvalue weighted by atomic mass is 10.3. The molecular formula is C9H18N4OS. The number of hydrogen-bond donors (Lipinski definition) is 2. The third-order valence-electron chi connectivity index (χ3n) is 1.99. The molecule has 1 heterocycles. The van der Waals surface area contributed by atoms with E-state index >= 15 is 0 Å². The number of nitrogens with one attached hydrogen (secondary N) is 1. The molecule has 0 aliphatic carbocycles. The maximum Gasteiger partial charge on any atom is 0.190 e. The zero-order chi connectivity index (χ0) is 11.1. The molecule has 0 bridgehead atoms. The van der Waals surface area contributed by atoms with Gasteiger partial charge in [0.15, 0.2) is 5.16 Å². The molecule has 1 atom stereocenters. The molecule has 1 unspecified atom stereocenters. The number of aromatic nitrogens is 3. The third-order valence-corrected chi connectivity index (χ3v) is 3.18. The van der Waals surface area contributed by atoms with Crippen LogP contribution in [0, 0.1) is 0 Å². The van der Waals surface area contributed by atoms with E-state index in [9.17, 15) is 0 Å². The maximum atomic E-state index is 9.13. The van der Waals surface area contributed by atoms with Gasteiger partial charge in [-0.2, -0.15) is 0 Å². The molecule has 1 rings (SSSR count). The fraction of sp³-hybridized carbons (Fsp3) is 0.778. The van der Waals surface area contributed by atoms with Crippen LogP contribution in [0.15, 0.2) is 11.5 Å². The predicted molar refractivity (Wildman–Crippen MR) is 60.9 cm³/mol. The highest BCUT2D eigenvalue weighted by Crippen LogP contribution is 2.14. The summed E-state index contributed by atoms with van der Waals surface area (Å²) in [5.41, 5.74) is 0. The number of aliphatic hydroxyl groups excluding tert-OH is 1. The highest BCUT2D eigenvalue weighted by molar-refractivity contribution is 7.99. The quantitative estimate of drug-likeness (QED) is 0.658. The summed E-state index contributed by atoms with van der Waals surface area (Å²) in [6.45, 7) is 3.20. The van der Waals surface area contributed by atoms with Crippen molar-refractivity contribution in [2.45, 2.75) is 24.5 Å². The minimum atomic E-state index is 0.131. The summed E-state index contributed by atoms with van der Waals surface area (Å²) in [5.74, 6) is 0.809. The SMILES string of the molecule is CCCNC(CO)CSc1nncn1C. The molecule has 0 aliphatic heterocycles. The second-order valence-corrected chi connectivity index (χ2v) is 4.36. The van der Waals surface area contributed by atoms with Crippen LogP contribution >= 0.6 is 11.8 Å². The average molecular weight is 230 g/mol. The van der Waals surface area contributed by atoms with Crippen LogP contribution in [-0.2, 0) is 7.05 Å². The van der Waals surface area contributed by atoms with Crippen molar-refractivity contribution in [1.29, 1.82) is 0 Å². The summed E-state index contributed by atoms with van der Waals surface area (Å²) in [6.07, 6.45) is 2.75. The van der Waals surface area contributed by atoms with Crippen molar-refractivity contribution in [3.63, 3.8) is 0 Å². The van der Waals surface area contributed by atoms with Gasteiger partial charge in [0, 0.05) is 18.8 Å². The van der Waals surface area contributed by atoms with Gasteiger partial charge in [-0.05, 0) is 13.0 Å². The first-order valence-electron chi connectivity index (χ1n) is 5.09. The van der Waals surface area contributed by atoms with Crippen LogP contribution in [0.2, 0.25) is 0 Å². The summed E-state index contributed by atoms with van der Waals surface area (Å²) >= 11 is 1.60. The second-order valence-electron chi connectivity index (χ2n) is 3.37. The van der Waals surface area contributed by atoms with Gasteiger partial charge in [-0.25, -0.2) is 0 Å². The van der Waals surface area contributed by atoms with Gasteiger partial charge >= 0.3 is 0 Å². The van der Waals surface area contributed by atoms with Crippen molar-refractivity contribution in [2.75, 3.05) is 18.9 Å². The molecule has 0 amide bonds. The molecule has 0 aromatic carbocycles. The largest absolute Gasteiger partial charge is 0.395 e. The zero-order valence-electron chi connectivity index (χ0n) is 9.18. The van der Waals surface area contributed by atoms with Crippen molar-refractivity contribution >= 4 is 11.8 Å². The molecule has 0 saturated carbocycles. The second kappa shape index (κ2) is 6.81. The summed E-state index contributed by atoms with van der Waals surface area (Å²) < 4.78 is 1.87. The van der Waals surface area contributed by atoms with Crippen LogP contribution in [0.5, 0.6) is 0 Å². The summed E-state index contributed by atoms with van der Waals surface area (Å²) in [6, 6.07) is 0.131. The molecule has 0 aliphatic rings. The number of rotatable bonds is 7. The first kappa shape index (κ1) is 12.5. The normalized spacial score (nSPS) is 13.0. The van der Waals surface area contributed by atoms with Crippen LogP contribution in [0.1, 0.15) is 13.3 Å². The van der Waals surface area contributed by atoms with Gasteiger partial charge in [0.2, 0.25) is 0 Å². The van der Waals surface area contributed by atoms with Gasteiger partial charge in [-0.15, -0.1) is 10.2 Å². The molecular weight excluding hydrogens is 212 g/mol. The number of nitrogens with zero attached hydrogens (tertiary/aromatic N) is 3. The molecule has 0 radical (unpaired) electrons. The molecule has 6 heteroatoms. The van der Waals surface area contributed by atoms with E-state index in [1.165, 1.54) is 0 Å². The lowest BCUT2D eigenvalue weighted by Crippen LogP contribution is -2.35. The van der Waals surface area contributed by atoms with E-state index in [-0.39, 0.29) is 12.6 Å². The average Bonchev–Trinajstić information content (AvgIpc) is 2.65. The molecule has 15 heavy (non-hydrogen) atoms. The lowest BCUT2D eigenvalue weighted by molar-refractivity contribution is 0.254. The standard InChI is InChI=1S/C9H18N4OS/c1-3-4-10-8(5-14)6-15-9-12-11-7-13(9)2/h7-8,10,14H,3-6H2,1-2H3.